The van der Waals surface area contributed by atoms with Crippen molar-refractivity contribution in [1.29, 1.82) is 0 Å². The van der Waals surface area contributed by atoms with Gasteiger partial charge in [-0.05, 0) is 13.3 Å². The van der Waals surface area contributed by atoms with Crippen LogP contribution in [0.3, 0.4) is 0 Å². The Balaban J connectivity index is 1.94. The molecule has 0 aromatic heterocycles. The Hall–Kier alpha value is -0.120. The van der Waals surface area contributed by atoms with E-state index in [4.69, 9.17) is 14.6 Å². The maximum Gasteiger partial charge on any atom is 0.0745 e. The lowest BCUT2D eigenvalue weighted by molar-refractivity contribution is 0.0271. The second kappa shape index (κ2) is 4.70. The van der Waals surface area contributed by atoms with Gasteiger partial charge in [0.05, 0.1) is 25.9 Å². The molecule has 0 aliphatic carbocycles. The maximum atomic E-state index is 8.87. The number of hydrogen-bond donors (Lipinski definition) is 1. The summed E-state index contributed by atoms with van der Waals surface area (Å²) >= 11 is 0. The summed E-state index contributed by atoms with van der Waals surface area (Å²) in [5, 5.41) is 8.87. The van der Waals surface area contributed by atoms with Crippen molar-refractivity contribution >= 4 is 0 Å². The van der Waals surface area contributed by atoms with Crippen molar-refractivity contribution in [2.75, 3.05) is 26.4 Å². The average Bonchev–Trinajstić information content (AvgIpc) is 2.39. The van der Waals surface area contributed by atoms with E-state index in [0.717, 1.165) is 26.2 Å². The third kappa shape index (κ3) is 3.70. The number of aliphatic hydroxyl groups excluding tert-OH is 1. The summed E-state index contributed by atoms with van der Waals surface area (Å²) in [4.78, 5) is 0. The lowest BCUT2D eigenvalue weighted by atomic mass is 10.1. The highest BCUT2D eigenvalue weighted by atomic mass is 16.5. The second-order valence-electron chi connectivity index (χ2n) is 3.12. The van der Waals surface area contributed by atoms with E-state index in [9.17, 15) is 0 Å². The van der Waals surface area contributed by atoms with E-state index in [1.165, 1.54) is 0 Å². The number of rotatable bonds is 4. The topological polar surface area (TPSA) is 38.7 Å². The highest BCUT2D eigenvalue weighted by molar-refractivity contribution is 4.62. The summed E-state index contributed by atoms with van der Waals surface area (Å²) in [5.41, 5.74) is 0. The van der Waals surface area contributed by atoms with Gasteiger partial charge in [0.25, 0.3) is 0 Å². The molecule has 1 aliphatic heterocycles. The van der Waals surface area contributed by atoms with Gasteiger partial charge in [0.15, 0.2) is 0 Å². The van der Waals surface area contributed by atoms with Crippen LogP contribution >= 0.6 is 0 Å². The molecule has 1 rings (SSSR count). The average molecular weight is 160 g/mol. The summed E-state index contributed by atoms with van der Waals surface area (Å²) in [5.74, 6) is 0.550. The van der Waals surface area contributed by atoms with Crippen LogP contribution < -0.4 is 0 Å². The van der Waals surface area contributed by atoms with Gasteiger partial charge in [-0.2, -0.15) is 0 Å². The summed E-state index contributed by atoms with van der Waals surface area (Å²) in [6.07, 6.45) is 0.747. The molecule has 0 saturated carbocycles. The fourth-order valence-electron chi connectivity index (χ4n) is 1.12. The predicted molar refractivity (Wildman–Crippen MR) is 41.4 cm³/mol. The zero-order valence-corrected chi connectivity index (χ0v) is 6.95. The molecule has 66 valence electrons. The third-order valence-electron chi connectivity index (χ3n) is 1.74. The molecule has 0 radical (unpaired) electrons. The first-order valence-corrected chi connectivity index (χ1v) is 4.12. The molecule has 1 fully saturated rings. The van der Waals surface area contributed by atoms with E-state index < -0.39 is 0 Å². The number of hydrogen-bond acceptors (Lipinski definition) is 3. The molecule has 3 heteroatoms. The Bertz CT molecular complexity index is 97.5. The Labute approximate surface area is 67.3 Å². The first kappa shape index (κ1) is 8.97. The van der Waals surface area contributed by atoms with Gasteiger partial charge in [-0.15, -0.1) is 0 Å². The minimum Gasteiger partial charge on any atom is -0.391 e. The van der Waals surface area contributed by atoms with E-state index in [-0.39, 0.29) is 6.10 Å². The monoisotopic (exact) mass is 160 g/mol. The van der Waals surface area contributed by atoms with Crippen molar-refractivity contribution in [3.8, 4) is 0 Å². The molecule has 1 N–H and O–H groups in total. The van der Waals surface area contributed by atoms with Crippen LogP contribution in [0, 0.1) is 5.92 Å². The van der Waals surface area contributed by atoms with Gasteiger partial charge in [-0.3, -0.25) is 0 Å². The molecule has 1 heterocycles. The summed E-state index contributed by atoms with van der Waals surface area (Å²) in [7, 11) is 0. The van der Waals surface area contributed by atoms with Gasteiger partial charge in [0.2, 0.25) is 0 Å². The van der Waals surface area contributed by atoms with Gasteiger partial charge in [-0.1, -0.05) is 0 Å². The third-order valence-corrected chi connectivity index (χ3v) is 1.74. The van der Waals surface area contributed by atoms with E-state index in [1.807, 2.05) is 0 Å². The molecule has 0 amide bonds. The standard InChI is InChI=1S/C8H16O3/c1-7(9)4-11-6-8-2-3-10-5-8/h7-9H,2-6H2,1H3/t7-,8?/m1/s1. The van der Waals surface area contributed by atoms with E-state index in [2.05, 4.69) is 0 Å². The molecular weight excluding hydrogens is 144 g/mol. The fraction of sp³-hybridized carbons (Fsp3) is 1.00. The molecule has 11 heavy (non-hydrogen) atoms. The quantitative estimate of drug-likeness (QED) is 0.647. The molecule has 1 aliphatic rings. The Kier molecular flexibility index (Phi) is 3.83. The SMILES string of the molecule is C[C@@H](O)COCC1CCOC1. The van der Waals surface area contributed by atoms with Crippen molar-refractivity contribution in [3.63, 3.8) is 0 Å². The maximum absolute atomic E-state index is 8.87. The smallest absolute Gasteiger partial charge is 0.0745 e. The predicted octanol–water partition coefficient (Wildman–Crippen LogP) is 0.420. The van der Waals surface area contributed by atoms with Crippen LogP contribution in [0.2, 0.25) is 0 Å². The van der Waals surface area contributed by atoms with Gasteiger partial charge in [0, 0.05) is 12.5 Å². The Morgan fingerprint density at radius 1 is 1.73 bits per heavy atom. The van der Waals surface area contributed by atoms with Crippen molar-refractivity contribution in [2.24, 2.45) is 5.92 Å². The van der Waals surface area contributed by atoms with Crippen LogP contribution in [0.15, 0.2) is 0 Å². The van der Waals surface area contributed by atoms with Gasteiger partial charge < -0.3 is 14.6 Å². The van der Waals surface area contributed by atoms with Crippen molar-refractivity contribution in [1.82, 2.24) is 0 Å². The van der Waals surface area contributed by atoms with Crippen LogP contribution in [0.25, 0.3) is 0 Å². The van der Waals surface area contributed by atoms with Crippen molar-refractivity contribution in [2.45, 2.75) is 19.4 Å². The van der Waals surface area contributed by atoms with Gasteiger partial charge in [-0.25, -0.2) is 0 Å². The minimum absolute atomic E-state index is 0.350. The number of aliphatic hydroxyl groups is 1. The molecular formula is C8H16O3. The minimum atomic E-state index is -0.350. The Morgan fingerprint density at radius 2 is 2.55 bits per heavy atom. The van der Waals surface area contributed by atoms with E-state index in [1.54, 1.807) is 6.92 Å². The normalized spacial score (nSPS) is 27.3. The Morgan fingerprint density at radius 3 is 3.09 bits per heavy atom. The van der Waals surface area contributed by atoms with Gasteiger partial charge in [0.1, 0.15) is 0 Å². The largest absolute Gasteiger partial charge is 0.391 e. The molecule has 2 atom stereocenters. The highest BCUT2D eigenvalue weighted by Crippen LogP contribution is 2.12. The molecule has 0 aromatic rings. The van der Waals surface area contributed by atoms with Gasteiger partial charge >= 0.3 is 0 Å². The molecule has 1 unspecified atom stereocenters. The number of ether oxygens (including phenoxy) is 2. The van der Waals surface area contributed by atoms with E-state index in [0.29, 0.717) is 12.5 Å². The fourth-order valence-corrected chi connectivity index (χ4v) is 1.12. The lowest BCUT2D eigenvalue weighted by Gasteiger charge is -2.09. The first-order valence-electron chi connectivity index (χ1n) is 4.12. The van der Waals surface area contributed by atoms with Crippen molar-refractivity contribution in [3.05, 3.63) is 0 Å². The lowest BCUT2D eigenvalue weighted by Crippen LogP contribution is -2.16. The van der Waals surface area contributed by atoms with E-state index >= 15 is 0 Å². The second-order valence-corrected chi connectivity index (χ2v) is 3.12. The summed E-state index contributed by atoms with van der Waals surface area (Å²) in [6.45, 7) is 4.58. The van der Waals surface area contributed by atoms with Crippen LogP contribution in [0.4, 0.5) is 0 Å². The zero-order valence-electron chi connectivity index (χ0n) is 6.95. The molecule has 3 nitrogen and oxygen atoms in total. The van der Waals surface area contributed by atoms with Crippen molar-refractivity contribution < 1.29 is 14.6 Å². The first-order chi connectivity index (χ1) is 5.29. The van der Waals surface area contributed by atoms with Crippen LogP contribution in [-0.4, -0.2) is 37.6 Å². The zero-order chi connectivity index (χ0) is 8.10. The highest BCUT2D eigenvalue weighted by Gasteiger charge is 2.15. The van der Waals surface area contributed by atoms with Crippen LogP contribution in [0.5, 0.6) is 0 Å². The summed E-state index contributed by atoms with van der Waals surface area (Å²) in [6, 6.07) is 0. The summed E-state index contributed by atoms with van der Waals surface area (Å²) < 4.78 is 10.4. The van der Waals surface area contributed by atoms with Crippen LogP contribution in [-0.2, 0) is 9.47 Å². The molecule has 0 aromatic carbocycles. The molecule has 0 bridgehead atoms. The molecule has 0 spiro atoms. The molecule has 1 saturated heterocycles. The van der Waals surface area contributed by atoms with Crippen LogP contribution in [0.1, 0.15) is 13.3 Å².